The van der Waals surface area contributed by atoms with E-state index in [9.17, 15) is 4.39 Å². The van der Waals surface area contributed by atoms with Crippen LogP contribution in [0.5, 0.6) is 0 Å². The van der Waals surface area contributed by atoms with E-state index in [1.165, 1.54) is 16.7 Å². The van der Waals surface area contributed by atoms with Crippen molar-refractivity contribution in [3.8, 4) is 0 Å². The first-order chi connectivity index (χ1) is 12.2. The minimum atomic E-state index is -0.623. The lowest BCUT2D eigenvalue weighted by molar-refractivity contribution is 0.170. The summed E-state index contributed by atoms with van der Waals surface area (Å²) in [4.78, 5) is 2.46. The molecule has 2 aromatic rings. The predicted octanol–water partition coefficient (Wildman–Crippen LogP) is 5.75. The van der Waals surface area contributed by atoms with Crippen molar-refractivity contribution >= 4 is 0 Å². The molecular weight excluding hydrogens is 309 g/mol. The fourth-order valence-electron chi connectivity index (χ4n) is 3.84. The molecule has 134 valence electrons. The Kier molecular flexibility index (Phi) is 6.25. The van der Waals surface area contributed by atoms with E-state index in [2.05, 4.69) is 73.5 Å². The number of hydrogen-bond donors (Lipinski definition) is 0. The van der Waals surface area contributed by atoms with Crippen molar-refractivity contribution in [2.45, 2.75) is 63.7 Å². The van der Waals surface area contributed by atoms with Crippen molar-refractivity contribution < 1.29 is 4.39 Å². The van der Waals surface area contributed by atoms with Crippen LogP contribution in [0.2, 0.25) is 0 Å². The molecule has 3 rings (SSSR count). The Morgan fingerprint density at radius 1 is 1.00 bits per heavy atom. The summed E-state index contributed by atoms with van der Waals surface area (Å²) in [5, 5.41) is 0. The van der Waals surface area contributed by atoms with Gasteiger partial charge in [0.05, 0.1) is 0 Å². The largest absolute Gasteiger partial charge is 0.299 e. The topological polar surface area (TPSA) is 3.24 Å². The van der Waals surface area contributed by atoms with Crippen molar-refractivity contribution in [3.63, 3.8) is 0 Å². The van der Waals surface area contributed by atoms with Crippen molar-refractivity contribution in [1.82, 2.24) is 4.90 Å². The van der Waals surface area contributed by atoms with Gasteiger partial charge in [-0.3, -0.25) is 4.90 Å². The van der Waals surface area contributed by atoms with E-state index in [0.29, 0.717) is 6.04 Å². The van der Waals surface area contributed by atoms with Crippen LogP contribution in [0.25, 0.3) is 0 Å². The lowest BCUT2D eigenvalue weighted by atomic mass is 9.78. The smallest absolute Gasteiger partial charge is 0.107 e. The van der Waals surface area contributed by atoms with Crippen LogP contribution in [0.1, 0.15) is 55.2 Å². The number of hydrogen-bond acceptors (Lipinski definition) is 1. The van der Waals surface area contributed by atoms with Crippen LogP contribution < -0.4 is 0 Å². The molecule has 0 N–H and O–H groups in total. The fraction of sp³-hybridized carbons (Fsp3) is 0.478. The summed E-state index contributed by atoms with van der Waals surface area (Å²) in [5.41, 5.74) is 3.91. The summed E-state index contributed by atoms with van der Waals surface area (Å²) < 4.78 is 13.5. The summed E-state index contributed by atoms with van der Waals surface area (Å²) >= 11 is 0. The van der Waals surface area contributed by atoms with Gasteiger partial charge in [-0.1, -0.05) is 61.5 Å². The zero-order valence-electron chi connectivity index (χ0n) is 15.5. The number of benzene rings is 2. The van der Waals surface area contributed by atoms with Gasteiger partial charge >= 0.3 is 0 Å². The highest BCUT2D eigenvalue weighted by atomic mass is 19.1. The molecular formula is C23H30FN. The van der Waals surface area contributed by atoms with Crippen LogP contribution in [-0.4, -0.2) is 24.2 Å². The van der Waals surface area contributed by atoms with Gasteiger partial charge in [-0.25, -0.2) is 4.39 Å². The minimum Gasteiger partial charge on any atom is -0.299 e. The molecule has 1 fully saturated rings. The molecule has 0 bridgehead atoms. The standard InChI is InChI=1S/C23H30FN/c1-3-21(25(2)17-19-7-5-4-6-8-19)14-11-18-9-12-20(13-10-18)22-15-16-23(22)24/h4-10,12-13,21-23H,3,11,14-17H2,1-2H3. The molecule has 0 saturated heterocycles. The van der Waals surface area contributed by atoms with Gasteiger partial charge < -0.3 is 0 Å². The van der Waals surface area contributed by atoms with Crippen LogP contribution in [-0.2, 0) is 13.0 Å². The van der Waals surface area contributed by atoms with E-state index in [1.807, 2.05) is 0 Å². The van der Waals surface area contributed by atoms with Crippen LogP contribution in [0.4, 0.5) is 4.39 Å². The Morgan fingerprint density at radius 2 is 1.72 bits per heavy atom. The maximum absolute atomic E-state index is 13.5. The summed E-state index contributed by atoms with van der Waals surface area (Å²) in [6, 6.07) is 19.9. The molecule has 2 heteroatoms. The molecule has 0 spiro atoms. The summed E-state index contributed by atoms with van der Waals surface area (Å²) in [6.07, 6.45) is 4.52. The van der Waals surface area contributed by atoms with Crippen LogP contribution in [0.15, 0.2) is 54.6 Å². The Balaban J connectivity index is 1.52. The number of nitrogens with zero attached hydrogens (tertiary/aromatic N) is 1. The molecule has 3 unspecified atom stereocenters. The Labute approximate surface area is 151 Å². The molecule has 1 aliphatic rings. The van der Waals surface area contributed by atoms with Crippen LogP contribution in [0.3, 0.4) is 0 Å². The number of rotatable bonds is 8. The molecule has 1 saturated carbocycles. The maximum atomic E-state index is 13.5. The lowest BCUT2D eigenvalue weighted by Gasteiger charge is -2.31. The van der Waals surface area contributed by atoms with E-state index < -0.39 is 6.17 Å². The Bertz CT molecular complexity index is 637. The SMILES string of the molecule is CCC(CCc1ccc(C2CCC2F)cc1)N(C)Cc1ccccc1. The van der Waals surface area contributed by atoms with Crippen LogP contribution >= 0.6 is 0 Å². The molecule has 25 heavy (non-hydrogen) atoms. The van der Waals surface area contributed by atoms with Gasteiger partial charge in [0.1, 0.15) is 6.17 Å². The molecule has 0 aliphatic heterocycles. The van der Waals surface area contributed by atoms with E-state index in [0.717, 1.165) is 38.6 Å². The van der Waals surface area contributed by atoms with E-state index in [1.54, 1.807) is 0 Å². The summed E-state index contributed by atoms with van der Waals surface area (Å²) in [6.45, 7) is 3.27. The van der Waals surface area contributed by atoms with Gasteiger partial charge in [0.2, 0.25) is 0 Å². The number of halogens is 1. The third-order valence-corrected chi connectivity index (χ3v) is 5.73. The third-order valence-electron chi connectivity index (χ3n) is 5.73. The highest BCUT2D eigenvalue weighted by Crippen LogP contribution is 2.39. The molecule has 0 amide bonds. The predicted molar refractivity (Wildman–Crippen MR) is 104 cm³/mol. The van der Waals surface area contributed by atoms with Crippen molar-refractivity contribution in [1.29, 1.82) is 0 Å². The van der Waals surface area contributed by atoms with Crippen LogP contribution in [0, 0.1) is 0 Å². The molecule has 0 aromatic heterocycles. The molecule has 2 aromatic carbocycles. The van der Waals surface area contributed by atoms with Gasteiger partial charge in [0.25, 0.3) is 0 Å². The first-order valence-corrected chi connectivity index (χ1v) is 9.64. The molecule has 1 aliphatic carbocycles. The van der Waals surface area contributed by atoms with Gasteiger partial charge in [-0.2, -0.15) is 0 Å². The molecule has 0 radical (unpaired) electrons. The fourth-order valence-corrected chi connectivity index (χ4v) is 3.84. The molecule has 3 atom stereocenters. The molecule has 1 nitrogen and oxygen atoms in total. The third kappa shape index (κ3) is 4.70. The second kappa shape index (κ2) is 8.62. The van der Waals surface area contributed by atoms with Gasteiger partial charge in [-0.15, -0.1) is 0 Å². The van der Waals surface area contributed by atoms with Crippen molar-refractivity contribution in [2.75, 3.05) is 7.05 Å². The highest BCUT2D eigenvalue weighted by Gasteiger charge is 2.31. The van der Waals surface area contributed by atoms with E-state index in [4.69, 9.17) is 0 Å². The summed E-state index contributed by atoms with van der Waals surface area (Å²) in [5.74, 6) is 0.148. The Hall–Kier alpha value is -1.67. The second-order valence-corrected chi connectivity index (χ2v) is 7.44. The van der Waals surface area contributed by atoms with Gasteiger partial charge in [-0.05, 0) is 55.8 Å². The first kappa shape index (κ1) is 18.1. The molecule has 0 heterocycles. The zero-order valence-corrected chi connectivity index (χ0v) is 15.5. The monoisotopic (exact) mass is 339 g/mol. The number of alkyl halides is 1. The van der Waals surface area contributed by atoms with E-state index >= 15 is 0 Å². The van der Waals surface area contributed by atoms with E-state index in [-0.39, 0.29) is 5.92 Å². The normalized spacial score (nSPS) is 21.1. The zero-order chi connectivity index (χ0) is 17.6. The lowest BCUT2D eigenvalue weighted by Crippen LogP contribution is -2.31. The maximum Gasteiger partial charge on any atom is 0.107 e. The van der Waals surface area contributed by atoms with Gasteiger partial charge in [0, 0.05) is 18.5 Å². The van der Waals surface area contributed by atoms with Crippen molar-refractivity contribution in [2.24, 2.45) is 0 Å². The highest BCUT2D eigenvalue weighted by molar-refractivity contribution is 5.28. The minimum absolute atomic E-state index is 0.148. The quantitative estimate of drug-likeness (QED) is 0.592. The second-order valence-electron chi connectivity index (χ2n) is 7.44. The number of aryl methyl sites for hydroxylation is 1. The van der Waals surface area contributed by atoms with Gasteiger partial charge in [0.15, 0.2) is 0 Å². The average molecular weight is 339 g/mol. The summed E-state index contributed by atoms with van der Waals surface area (Å²) in [7, 11) is 2.22. The average Bonchev–Trinajstić information content (AvgIpc) is 2.63. The Morgan fingerprint density at radius 3 is 2.28 bits per heavy atom. The van der Waals surface area contributed by atoms with Crippen molar-refractivity contribution in [3.05, 3.63) is 71.3 Å². The first-order valence-electron chi connectivity index (χ1n) is 9.64.